The van der Waals surface area contributed by atoms with Crippen LogP contribution in [0.1, 0.15) is 30.5 Å². The zero-order valence-electron chi connectivity index (χ0n) is 18.3. The summed E-state index contributed by atoms with van der Waals surface area (Å²) in [4.78, 5) is 11.9. The predicted molar refractivity (Wildman–Crippen MR) is 127 cm³/mol. The van der Waals surface area contributed by atoms with Crippen molar-refractivity contribution in [3.63, 3.8) is 0 Å². The van der Waals surface area contributed by atoms with Gasteiger partial charge in [0.05, 0.1) is 18.9 Å². The molecule has 0 fully saturated rings. The maximum absolute atomic E-state index is 4.87. The third kappa shape index (κ3) is 5.29. The van der Waals surface area contributed by atoms with Gasteiger partial charge in [-0.25, -0.2) is 0 Å². The molecule has 30 heavy (non-hydrogen) atoms. The van der Waals surface area contributed by atoms with Crippen molar-refractivity contribution < 1.29 is 0 Å². The Labute approximate surface area is 181 Å². The van der Waals surface area contributed by atoms with E-state index in [-0.39, 0.29) is 0 Å². The van der Waals surface area contributed by atoms with E-state index in [2.05, 4.69) is 83.7 Å². The number of nitrogens with zero attached hydrogens (tertiary/aromatic N) is 3. The summed E-state index contributed by atoms with van der Waals surface area (Å²) in [6.07, 6.45) is 3.16. The molecule has 4 rings (SSSR count). The standard InChI is InChI=1S/C26H34N4/c1-20(25-27-12-13-28-25)17-23-9-6-10-24(19-23)18-21(2)26-29-14-16-30(26)15-11-22-7-4-3-5-8-22/h3-10,19-21H,11-18H2,1-2H3,(H,27,28)/t20-,21-/m0/s1. The van der Waals surface area contributed by atoms with Gasteiger partial charge in [-0.05, 0) is 36.0 Å². The highest BCUT2D eigenvalue weighted by Crippen LogP contribution is 2.19. The highest BCUT2D eigenvalue weighted by Gasteiger charge is 2.22. The molecule has 2 heterocycles. The maximum atomic E-state index is 4.87. The van der Waals surface area contributed by atoms with Gasteiger partial charge in [-0.3, -0.25) is 9.98 Å². The Morgan fingerprint density at radius 2 is 1.60 bits per heavy atom. The molecule has 2 aliphatic heterocycles. The molecule has 2 aromatic carbocycles. The van der Waals surface area contributed by atoms with E-state index in [0.717, 1.165) is 52.0 Å². The van der Waals surface area contributed by atoms with Crippen LogP contribution in [0.15, 0.2) is 64.6 Å². The first kappa shape index (κ1) is 20.6. The SMILES string of the molecule is C[C@@H](Cc1cccc(C[C@H](C)C2=NCCN2CCc2ccccc2)c1)C1=NCCN1. The molecule has 2 aliphatic rings. The molecule has 0 radical (unpaired) electrons. The van der Waals surface area contributed by atoms with Crippen LogP contribution in [0.25, 0.3) is 0 Å². The molecule has 0 saturated carbocycles. The summed E-state index contributed by atoms with van der Waals surface area (Å²) in [7, 11) is 0. The molecule has 4 heteroatoms. The Balaban J connectivity index is 1.34. The van der Waals surface area contributed by atoms with Crippen LogP contribution in [0.4, 0.5) is 0 Å². The van der Waals surface area contributed by atoms with Crippen molar-refractivity contribution >= 4 is 11.7 Å². The van der Waals surface area contributed by atoms with E-state index in [1.165, 1.54) is 28.4 Å². The largest absolute Gasteiger partial charge is 0.372 e. The van der Waals surface area contributed by atoms with Crippen LogP contribution in [-0.4, -0.2) is 49.3 Å². The van der Waals surface area contributed by atoms with Crippen LogP contribution in [0.3, 0.4) is 0 Å². The molecule has 1 N–H and O–H groups in total. The van der Waals surface area contributed by atoms with Crippen LogP contribution >= 0.6 is 0 Å². The highest BCUT2D eigenvalue weighted by molar-refractivity contribution is 5.86. The minimum Gasteiger partial charge on any atom is -0.372 e. The van der Waals surface area contributed by atoms with Gasteiger partial charge in [0.2, 0.25) is 0 Å². The molecule has 0 spiro atoms. The summed E-state index contributed by atoms with van der Waals surface area (Å²) < 4.78 is 0. The van der Waals surface area contributed by atoms with Crippen molar-refractivity contribution in [2.75, 3.05) is 32.7 Å². The molecular formula is C26H34N4. The lowest BCUT2D eigenvalue weighted by Gasteiger charge is -2.25. The number of nitrogens with one attached hydrogen (secondary N) is 1. The Bertz CT molecular complexity index is 887. The van der Waals surface area contributed by atoms with Crippen molar-refractivity contribution in [1.82, 2.24) is 10.2 Å². The van der Waals surface area contributed by atoms with Crippen LogP contribution in [0.5, 0.6) is 0 Å². The first-order valence-electron chi connectivity index (χ1n) is 11.4. The number of aliphatic imine (C=N–C) groups is 2. The monoisotopic (exact) mass is 402 g/mol. The Hall–Kier alpha value is -2.62. The van der Waals surface area contributed by atoms with E-state index >= 15 is 0 Å². The molecule has 0 aromatic heterocycles. The van der Waals surface area contributed by atoms with E-state index in [4.69, 9.17) is 4.99 Å². The molecule has 0 amide bonds. The number of rotatable bonds is 9. The fraction of sp³-hybridized carbons (Fsp3) is 0.462. The minimum atomic E-state index is 0.442. The second-order valence-corrected chi connectivity index (χ2v) is 8.69. The third-order valence-corrected chi connectivity index (χ3v) is 6.16. The second-order valence-electron chi connectivity index (χ2n) is 8.69. The number of hydrogen-bond acceptors (Lipinski definition) is 4. The molecule has 158 valence electrons. The zero-order valence-corrected chi connectivity index (χ0v) is 18.3. The van der Waals surface area contributed by atoms with Crippen LogP contribution < -0.4 is 5.32 Å². The minimum absolute atomic E-state index is 0.442. The fourth-order valence-electron chi connectivity index (χ4n) is 4.63. The van der Waals surface area contributed by atoms with Gasteiger partial charge in [-0.2, -0.15) is 0 Å². The van der Waals surface area contributed by atoms with Crippen LogP contribution in [-0.2, 0) is 19.3 Å². The van der Waals surface area contributed by atoms with E-state index in [9.17, 15) is 0 Å². The fourth-order valence-corrected chi connectivity index (χ4v) is 4.63. The Kier molecular flexibility index (Phi) is 6.83. The number of hydrogen-bond donors (Lipinski definition) is 1. The predicted octanol–water partition coefficient (Wildman–Crippen LogP) is 4.00. The zero-order chi connectivity index (χ0) is 20.8. The van der Waals surface area contributed by atoms with Crippen molar-refractivity contribution in [1.29, 1.82) is 0 Å². The van der Waals surface area contributed by atoms with Gasteiger partial charge in [-0.15, -0.1) is 0 Å². The average Bonchev–Trinajstić information content (AvgIpc) is 3.45. The molecule has 0 aliphatic carbocycles. The smallest absolute Gasteiger partial charge is 0.102 e. The lowest BCUT2D eigenvalue weighted by Crippen LogP contribution is -2.34. The van der Waals surface area contributed by atoms with Gasteiger partial charge in [0, 0.05) is 31.5 Å². The first-order chi connectivity index (χ1) is 14.7. The molecular weight excluding hydrogens is 368 g/mol. The molecule has 0 bridgehead atoms. The molecule has 4 nitrogen and oxygen atoms in total. The second kappa shape index (κ2) is 9.92. The lowest BCUT2D eigenvalue weighted by molar-refractivity contribution is 0.438. The van der Waals surface area contributed by atoms with E-state index in [0.29, 0.717) is 11.8 Å². The Morgan fingerprint density at radius 1 is 0.867 bits per heavy atom. The summed E-state index contributed by atoms with van der Waals surface area (Å²) in [5.74, 6) is 3.35. The Morgan fingerprint density at radius 3 is 2.33 bits per heavy atom. The molecule has 2 aromatic rings. The van der Waals surface area contributed by atoms with Gasteiger partial charge in [0.15, 0.2) is 0 Å². The normalized spacial score (nSPS) is 18.0. The first-order valence-corrected chi connectivity index (χ1v) is 11.4. The number of benzene rings is 2. The lowest BCUT2D eigenvalue weighted by atomic mass is 9.94. The summed E-state index contributed by atoms with van der Waals surface area (Å²) in [6, 6.07) is 19.9. The van der Waals surface area contributed by atoms with Gasteiger partial charge >= 0.3 is 0 Å². The van der Waals surface area contributed by atoms with Gasteiger partial charge < -0.3 is 10.2 Å². The van der Waals surface area contributed by atoms with Gasteiger partial charge in [0.25, 0.3) is 0 Å². The molecule has 0 unspecified atom stereocenters. The number of amidine groups is 2. The highest BCUT2D eigenvalue weighted by atomic mass is 15.2. The van der Waals surface area contributed by atoms with Crippen molar-refractivity contribution in [2.24, 2.45) is 21.8 Å². The summed E-state index contributed by atoms with van der Waals surface area (Å²) in [5.41, 5.74) is 4.21. The van der Waals surface area contributed by atoms with E-state index in [1.54, 1.807) is 0 Å². The molecule has 2 atom stereocenters. The summed E-state index contributed by atoms with van der Waals surface area (Å²) >= 11 is 0. The van der Waals surface area contributed by atoms with Crippen molar-refractivity contribution in [2.45, 2.75) is 33.1 Å². The topological polar surface area (TPSA) is 40.0 Å². The van der Waals surface area contributed by atoms with Gasteiger partial charge in [0.1, 0.15) is 5.84 Å². The van der Waals surface area contributed by atoms with Gasteiger partial charge in [-0.1, -0.05) is 68.4 Å². The van der Waals surface area contributed by atoms with Crippen LogP contribution in [0.2, 0.25) is 0 Å². The average molecular weight is 403 g/mol. The van der Waals surface area contributed by atoms with E-state index < -0.39 is 0 Å². The summed E-state index contributed by atoms with van der Waals surface area (Å²) in [6.45, 7) is 9.54. The third-order valence-electron chi connectivity index (χ3n) is 6.16. The van der Waals surface area contributed by atoms with E-state index in [1.807, 2.05) is 0 Å². The van der Waals surface area contributed by atoms with Crippen molar-refractivity contribution in [3.05, 3.63) is 71.3 Å². The quantitative estimate of drug-likeness (QED) is 0.689. The summed E-state index contributed by atoms with van der Waals surface area (Å²) in [5, 5.41) is 3.42. The maximum Gasteiger partial charge on any atom is 0.102 e. The molecule has 0 saturated heterocycles. The van der Waals surface area contributed by atoms with Crippen LogP contribution in [0, 0.1) is 11.8 Å². The van der Waals surface area contributed by atoms with Crippen molar-refractivity contribution in [3.8, 4) is 0 Å².